The molecule has 0 aliphatic carbocycles. The summed E-state index contributed by atoms with van der Waals surface area (Å²) in [6.07, 6.45) is 0.471. The standard InChI is InChI=1S/C12H20N2O5/c15-9-3-1-5-13(9)11(17)7-19-8-12(18)14-6-2-4-10(14)16/h11-12,17-18H,1-8H2. The molecule has 2 fully saturated rings. The summed E-state index contributed by atoms with van der Waals surface area (Å²) in [6, 6.07) is 0. The molecule has 2 atom stereocenters. The molecule has 2 heterocycles. The van der Waals surface area contributed by atoms with Crippen molar-refractivity contribution in [2.45, 2.75) is 38.1 Å². The molecular weight excluding hydrogens is 252 g/mol. The number of carbonyl (C=O) groups excluding carboxylic acids is 2. The van der Waals surface area contributed by atoms with E-state index in [0.29, 0.717) is 25.9 Å². The van der Waals surface area contributed by atoms with Crippen LogP contribution in [0, 0.1) is 0 Å². The van der Waals surface area contributed by atoms with Gasteiger partial charge in [-0.15, -0.1) is 0 Å². The molecule has 2 unspecified atom stereocenters. The van der Waals surface area contributed by atoms with Crippen LogP contribution in [0.5, 0.6) is 0 Å². The van der Waals surface area contributed by atoms with Gasteiger partial charge in [-0.25, -0.2) is 0 Å². The van der Waals surface area contributed by atoms with Gasteiger partial charge in [-0.3, -0.25) is 9.59 Å². The summed E-state index contributed by atoms with van der Waals surface area (Å²) in [5.74, 6) is -0.155. The van der Waals surface area contributed by atoms with Crippen molar-refractivity contribution in [2.75, 3.05) is 26.3 Å². The Bertz CT molecular complexity index is 317. The smallest absolute Gasteiger partial charge is 0.224 e. The van der Waals surface area contributed by atoms with E-state index in [1.165, 1.54) is 9.80 Å². The molecule has 2 N–H and O–H groups in total. The molecule has 2 amide bonds. The van der Waals surface area contributed by atoms with Crippen molar-refractivity contribution in [1.82, 2.24) is 9.80 Å². The number of likely N-dealkylation sites (tertiary alicyclic amines) is 2. The normalized spacial score (nSPS) is 23.3. The van der Waals surface area contributed by atoms with Gasteiger partial charge in [-0.1, -0.05) is 0 Å². The molecule has 0 aromatic carbocycles. The summed E-state index contributed by atoms with van der Waals surface area (Å²) >= 11 is 0. The van der Waals surface area contributed by atoms with E-state index in [0.717, 1.165) is 12.8 Å². The Morgan fingerprint density at radius 1 is 0.947 bits per heavy atom. The first-order valence-electron chi connectivity index (χ1n) is 6.62. The highest BCUT2D eigenvalue weighted by Crippen LogP contribution is 2.14. The van der Waals surface area contributed by atoms with Crippen LogP contribution in [0.3, 0.4) is 0 Å². The first kappa shape index (κ1) is 14.2. The molecule has 0 radical (unpaired) electrons. The fourth-order valence-corrected chi connectivity index (χ4v) is 2.43. The molecule has 0 bridgehead atoms. The molecule has 0 spiro atoms. The maximum absolute atomic E-state index is 11.4. The van der Waals surface area contributed by atoms with E-state index in [2.05, 4.69) is 0 Å². The third-order valence-electron chi connectivity index (χ3n) is 3.47. The van der Waals surface area contributed by atoms with Crippen molar-refractivity contribution in [1.29, 1.82) is 0 Å². The van der Waals surface area contributed by atoms with Crippen molar-refractivity contribution < 1.29 is 24.5 Å². The van der Waals surface area contributed by atoms with Gasteiger partial charge in [0.1, 0.15) is 0 Å². The van der Waals surface area contributed by atoms with E-state index in [4.69, 9.17) is 4.74 Å². The van der Waals surface area contributed by atoms with Crippen LogP contribution in [0.4, 0.5) is 0 Å². The van der Waals surface area contributed by atoms with Crippen molar-refractivity contribution >= 4 is 11.8 Å². The molecule has 19 heavy (non-hydrogen) atoms. The Labute approximate surface area is 111 Å². The van der Waals surface area contributed by atoms with Crippen LogP contribution in [0.25, 0.3) is 0 Å². The largest absolute Gasteiger partial charge is 0.372 e. The van der Waals surface area contributed by atoms with Gasteiger partial charge in [0.05, 0.1) is 13.2 Å². The summed E-state index contributed by atoms with van der Waals surface area (Å²) in [5, 5.41) is 19.5. The van der Waals surface area contributed by atoms with Crippen LogP contribution in [0.1, 0.15) is 25.7 Å². The van der Waals surface area contributed by atoms with E-state index in [9.17, 15) is 19.8 Å². The quantitative estimate of drug-likeness (QED) is 0.639. The average Bonchev–Trinajstić information content (AvgIpc) is 2.97. The number of ether oxygens (including phenoxy) is 1. The molecule has 7 nitrogen and oxygen atoms in total. The van der Waals surface area contributed by atoms with Crippen LogP contribution >= 0.6 is 0 Å². The number of aliphatic hydroxyl groups excluding tert-OH is 2. The first-order chi connectivity index (χ1) is 9.09. The topological polar surface area (TPSA) is 90.3 Å². The molecular formula is C12H20N2O5. The van der Waals surface area contributed by atoms with Crippen molar-refractivity contribution in [2.24, 2.45) is 0 Å². The second-order valence-electron chi connectivity index (χ2n) is 4.88. The zero-order valence-corrected chi connectivity index (χ0v) is 10.8. The van der Waals surface area contributed by atoms with Gasteiger partial charge in [0.15, 0.2) is 12.5 Å². The Kier molecular flexibility index (Phi) is 4.73. The average molecular weight is 272 g/mol. The van der Waals surface area contributed by atoms with Crippen LogP contribution in [-0.4, -0.2) is 70.6 Å². The van der Waals surface area contributed by atoms with Gasteiger partial charge < -0.3 is 24.7 Å². The minimum Gasteiger partial charge on any atom is -0.372 e. The monoisotopic (exact) mass is 272 g/mol. The van der Waals surface area contributed by atoms with E-state index >= 15 is 0 Å². The Morgan fingerprint density at radius 2 is 1.37 bits per heavy atom. The highest BCUT2D eigenvalue weighted by molar-refractivity contribution is 5.78. The Balaban J connectivity index is 1.68. The lowest BCUT2D eigenvalue weighted by Crippen LogP contribution is -2.42. The molecule has 2 saturated heterocycles. The van der Waals surface area contributed by atoms with Crippen molar-refractivity contribution in [3.63, 3.8) is 0 Å². The van der Waals surface area contributed by atoms with Gasteiger partial charge in [0.2, 0.25) is 11.8 Å². The number of amides is 2. The highest BCUT2D eigenvalue weighted by atomic mass is 16.5. The molecule has 0 aromatic rings. The summed E-state index contributed by atoms with van der Waals surface area (Å²) in [5.41, 5.74) is 0. The minimum atomic E-state index is -0.975. The molecule has 2 aliphatic rings. The first-order valence-corrected chi connectivity index (χ1v) is 6.62. The zero-order chi connectivity index (χ0) is 13.8. The summed E-state index contributed by atoms with van der Waals surface area (Å²) in [6.45, 7) is 0.975. The number of nitrogens with zero attached hydrogens (tertiary/aromatic N) is 2. The number of carbonyl (C=O) groups is 2. The van der Waals surface area contributed by atoms with Crippen LogP contribution in [0.2, 0.25) is 0 Å². The van der Waals surface area contributed by atoms with Gasteiger partial charge >= 0.3 is 0 Å². The SMILES string of the molecule is O=C1CCCN1C(O)COCC(O)N1CCCC1=O. The van der Waals surface area contributed by atoms with Gasteiger partial charge in [0.25, 0.3) is 0 Å². The molecule has 7 heteroatoms. The highest BCUT2D eigenvalue weighted by Gasteiger charge is 2.28. The van der Waals surface area contributed by atoms with E-state index < -0.39 is 12.5 Å². The third kappa shape index (κ3) is 3.43. The van der Waals surface area contributed by atoms with Crippen LogP contribution in [-0.2, 0) is 14.3 Å². The van der Waals surface area contributed by atoms with E-state index in [1.54, 1.807) is 0 Å². The summed E-state index contributed by atoms with van der Waals surface area (Å²) in [4.78, 5) is 25.5. The fraction of sp³-hybridized carbons (Fsp3) is 0.833. The Hall–Kier alpha value is -1.18. The predicted molar refractivity (Wildman–Crippen MR) is 64.7 cm³/mol. The predicted octanol–water partition coefficient (Wildman–Crippen LogP) is -1.12. The van der Waals surface area contributed by atoms with Gasteiger partial charge in [-0.2, -0.15) is 0 Å². The van der Waals surface area contributed by atoms with Crippen LogP contribution in [0.15, 0.2) is 0 Å². The van der Waals surface area contributed by atoms with E-state index in [1.807, 2.05) is 0 Å². The molecule has 108 valence electrons. The summed E-state index contributed by atoms with van der Waals surface area (Å²) < 4.78 is 5.19. The number of rotatable bonds is 6. The molecule has 2 aliphatic heterocycles. The van der Waals surface area contributed by atoms with Crippen molar-refractivity contribution in [3.8, 4) is 0 Å². The lowest BCUT2D eigenvalue weighted by molar-refractivity contribution is -0.147. The second kappa shape index (κ2) is 6.31. The molecule has 0 saturated carbocycles. The fourth-order valence-electron chi connectivity index (χ4n) is 2.43. The maximum atomic E-state index is 11.4. The maximum Gasteiger partial charge on any atom is 0.224 e. The number of hydrogen-bond acceptors (Lipinski definition) is 5. The number of aliphatic hydroxyl groups is 2. The van der Waals surface area contributed by atoms with Gasteiger partial charge in [-0.05, 0) is 12.8 Å². The van der Waals surface area contributed by atoms with Gasteiger partial charge in [0, 0.05) is 25.9 Å². The van der Waals surface area contributed by atoms with E-state index in [-0.39, 0.29) is 25.0 Å². The summed E-state index contributed by atoms with van der Waals surface area (Å²) in [7, 11) is 0. The molecule has 0 aromatic heterocycles. The minimum absolute atomic E-state index is 0.0508. The molecule has 2 rings (SSSR count). The Morgan fingerprint density at radius 3 is 1.68 bits per heavy atom. The van der Waals surface area contributed by atoms with Crippen LogP contribution < -0.4 is 0 Å². The number of hydrogen-bond donors (Lipinski definition) is 2. The zero-order valence-electron chi connectivity index (χ0n) is 10.8. The lowest BCUT2D eigenvalue weighted by Gasteiger charge is -2.25. The second-order valence-corrected chi connectivity index (χ2v) is 4.88. The van der Waals surface area contributed by atoms with Crippen molar-refractivity contribution in [3.05, 3.63) is 0 Å². The third-order valence-corrected chi connectivity index (χ3v) is 3.47. The lowest BCUT2D eigenvalue weighted by atomic mass is 10.4.